The molecule has 0 spiro atoms. The molecule has 4 aromatic rings. The molecule has 2 heterocycles. The molecule has 0 unspecified atom stereocenters. The van der Waals surface area contributed by atoms with Crippen molar-refractivity contribution < 1.29 is 8.42 Å². The van der Waals surface area contributed by atoms with Gasteiger partial charge in [-0.05, 0) is 59.8 Å². The van der Waals surface area contributed by atoms with Crippen LogP contribution in [0.1, 0.15) is 5.56 Å². The van der Waals surface area contributed by atoms with Crippen LogP contribution in [0.4, 0.5) is 5.69 Å². The predicted octanol–water partition coefficient (Wildman–Crippen LogP) is 1.54. The van der Waals surface area contributed by atoms with Crippen molar-refractivity contribution in [2.45, 2.75) is 17.0 Å². The van der Waals surface area contributed by atoms with E-state index in [1.54, 1.807) is 49.5 Å². The minimum atomic E-state index is -3.82. The van der Waals surface area contributed by atoms with Crippen molar-refractivity contribution in [2.75, 3.05) is 4.72 Å². The van der Waals surface area contributed by atoms with Gasteiger partial charge in [-0.15, -0.1) is 17.7 Å². The summed E-state index contributed by atoms with van der Waals surface area (Å²) in [5.41, 5.74) is 1.91. The number of tetrazole rings is 1. The highest BCUT2D eigenvalue weighted by molar-refractivity contribution is 7.92. The number of rotatable bonds is 5. The molecule has 0 saturated heterocycles. The van der Waals surface area contributed by atoms with Gasteiger partial charge in [0, 0.05) is 11.8 Å². The van der Waals surface area contributed by atoms with Crippen LogP contribution >= 0.6 is 12.6 Å². The molecule has 0 aliphatic heterocycles. The third-order valence-electron chi connectivity index (χ3n) is 4.12. The summed E-state index contributed by atoms with van der Waals surface area (Å²) in [4.78, 5) is 11.7. The zero-order valence-electron chi connectivity index (χ0n) is 15.0. The number of aryl methyl sites for hydroxylation is 1. The average Bonchev–Trinajstić information content (AvgIpc) is 3.27. The molecule has 0 bridgehead atoms. The van der Waals surface area contributed by atoms with E-state index in [9.17, 15) is 13.2 Å². The number of anilines is 1. The fourth-order valence-electron chi connectivity index (χ4n) is 2.67. The van der Waals surface area contributed by atoms with Crippen LogP contribution in [0.25, 0.3) is 11.4 Å². The van der Waals surface area contributed by atoms with Crippen LogP contribution in [-0.4, -0.2) is 38.4 Å². The van der Waals surface area contributed by atoms with E-state index in [0.717, 1.165) is 0 Å². The maximum absolute atomic E-state index is 12.7. The number of thiol groups is 1. The van der Waals surface area contributed by atoms with E-state index in [-0.39, 0.29) is 15.6 Å². The van der Waals surface area contributed by atoms with Crippen LogP contribution in [0, 0.1) is 6.92 Å². The number of nitrogens with one attached hydrogen (secondary N) is 2. The van der Waals surface area contributed by atoms with Gasteiger partial charge in [0.1, 0.15) is 0 Å². The maximum Gasteiger partial charge on any atom is 0.267 e. The average molecular weight is 429 g/mol. The van der Waals surface area contributed by atoms with Gasteiger partial charge in [-0.2, -0.15) is 4.68 Å². The fourth-order valence-corrected chi connectivity index (χ4v) is 3.92. The van der Waals surface area contributed by atoms with E-state index < -0.39 is 10.0 Å². The Morgan fingerprint density at radius 2 is 1.86 bits per heavy atom. The molecule has 148 valence electrons. The van der Waals surface area contributed by atoms with Crippen LogP contribution in [-0.2, 0) is 10.0 Å². The zero-order chi connectivity index (χ0) is 20.6. The first-order valence-electron chi connectivity index (χ1n) is 8.33. The number of aromatic nitrogens is 6. The number of benzene rings is 2. The number of hydrogen-bond donors (Lipinski definition) is 3. The minimum Gasteiger partial charge on any atom is -0.280 e. The lowest BCUT2D eigenvalue weighted by molar-refractivity contribution is 0.601. The second-order valence-corrected chi connectivity index (χ2v) is 8.25. The van der Waals surface area contributed by atoms with Gasteiger partial charge >= 0.3 is 0 Å². The van der Waals surface area contributed by atoms with Crippen molar-refractivity contribution in [3.05, 3.63) is 70.6 Å². The van der Waals surface area contributed by atoms with Crippen molar-refractivity contribution in [3.63, 3.8) is 0 Å². The van der Waals surface area contributed by atoms with Gasteiger partial charge in [0.15, 0.2) is 0 Å². The molecule has 0 fully saturated rings. The molecule has 0 amide bonds. The zero-order valence-corrected chi connectivity index (χ0v) is 16.7. The summed E-state index contributed by atoms with van der Waals surface area (Å²) >= 11 is 4.15. The molecule has 29 heavy (non-hydrogen) atoms. The second-order valence-electron chi connectivity index (χ2n) is 6.16. The van der Waals surface area contributed by atoms with Crippen molar-refractivity contribution in [2.24, 2.45) is 0 Å². The van der Waals surface area contributed by atoms with Crippen molar-refractivity contribution >= 4 is 28.3 Å². The Hall–Kier alpha value is -3.38. The van der Waals surface area contributed by atoms with E-state index >= 15 is 0 Å². The number of hydrogen-bond acceptors (Lipinski definition) is 7. The summed E-state index contributed by atoms with van der Waals surface area (Å²) in [6.45, 7) is 1.69. The minimum absolute atomic E-state index is 0.0789. The molecule has 2 aromatic carbocycles. The van der Waals surface area contributed by atoms with E-state index in [1.165, 1.54) is 21.5 Å². The Morgan fingerprint density at radius 3 is 2.48 bits per heavy atom. The van der Waals surface area contributed by atoms with Gasteiger partial charge in [-0.3, -0.25) is 19.3 Å². The van der Waals surface area contributed by atoms with E-state index in [0.29, 0.717) is 22.6 Å². The van der Waals surface area contributed by atoms with E-state index in [2.05, 4.69) is 38.0 Å². The lowest BCUT2D eigenvalue weighted by atomic mass is 10.3. The van der Waals surface area contributed by atoms with Gasteiger partial charge in [-0.1, -0.05) is 6.07 Å². The van der Waals surface area contributed by atoms with Crippen LogP contribution in [0.3, 0.4) is 0 Å². The molecular weight excluding hydrogens is 414 g/mol. The second kappa shape index (κ2) is 7.22. The monoisotopic (exact) mass is 429 g/mol. The molecular formula is C17H15N7O3S2. The third-order valence-corrected chi connectivity index (χ3v) is 5.80. The normalized spacial score (nSPS) is 11.5. The molecule has 0 aliphatic carbocycles. The van der Waals surface area contributed by atoms with Gasteiger partial charge in [0.2, 0.25) is 5.16 Å². The SMILES string of the molecule is Cc1cn(-c2ccc(S(=O)(=O)Nc3cccc(-n4nnnc4S)c3)cc2)[nH]c1=O. The third kappa shape index (κ3) is 3.79. The van der Waals surface area contributed by atoms with Crippen LogP contribution in [0.2, 0.25) is 0 Å². The lowest BCUT2D eigenvalue weighted by Gasteiger charge is -2.10. The molecule has 4 rings (SSSR count). The summed E-state index contributed by atoms with van der Waals surface area (Å²) < 4.78 is 30.9. The quantitative estimate of drug-likeness (QED) is 0.413. The standard InChI is InChI=1S/C17H15N7O3S2/c1-11-10-23(19-16(11)25)13-5-7-15(8-6-13)29(26,27)20-12-3-2-4-14(9-12)24-17(28)18-21-22-24/h2-10,20H,1H3,(H,19,25)(H,18,22,28). The van der Waals surface area contributed by atoms with Crippen molar-refractivity contribution in [3.8, 4) is 11.4 Å². The smallest absolute Gasteiger partial charge is 0.267 e. The molecule has 0 atom stereocenters. The largest absolute Gasteiger partial charge is 0.280 e. The van der Waals surface area contributed by atoms with Gasteiger partial charge in [0.25, 0.3) is 15.6 Å². The predicted molar refractivity (Wildman–Crippen MR) is 108 cm³/mol. The van der Waals surface area contributed by atoms with Crippen molar-refractivity contribution in [1.29, 1.82) is 0 Å². The number of nitrogens with zero attached hydrogens (tertiary/aromatic N) is 5. The molecule has 10 nitrogen and oxygen atoms in total. The topological polar surface area (TPSA) is 128 Å². The summed E-state index contributed by atoms with van der Waals surface area (Å²) in [6.07, 6.45) is 1.64. The Bertz CT molecular complexity index is 1340. The molecule has 12 heteroatoms. The first-order chi connectivity index (χ1) is 13.8. The van der Waals surface area contributed by atoms with Crippen LogP contribution < -0.4 is 10.3 Å². The Morgan fingerprint density at radius 1 is 1.10 bits per heavy atom. The van der Waals surface area contributed by atoms with Crippen LogP contribution in [0.5, 0.6) is 0 Å². The molecule has 2 aromatic heterocycles. The first-order valence-corrected chi connectivity index (χ1v) is 10.3. The number of sulfonamides is 1. The highest BCUT2D eigenvalue weighted by Crippen LogP contribution is 2.20. The molecule has 0 saturated carbocycles. The lowest BCUT2D eigenvalue weighted by Crippen LogP contribution is -2.13. The Balaban J connectivity index is 1.59. The van der Waals surface area contributed by atoms with Crippen molar-refractivity contribution in [1.82, 2.24) is 30.0 Å². The van der Waals surface area contributed by atoms with Gasteiger partial charge < -0.3 is 0 Å². The van der Waals surface area contributed by atoms with E-state index in [1.807, 2.05) is 0 Å². The summed E-state index contributed by atoms with van der Waals surface area (Å²) in [5.74, 6) is 0. The van der Waals surface area contributed by atoms with Gasteiger partial charge in [0.05, 0.1) is 22.0 Å². The number of H-pyrrole nitrogens is 1. The Kier molecular flexibility index (Phi) is 4.72. The molecule has 0 aliphatic rings. The number of aromatic amines is 1. The summed E-state index contributed by atoms with van der Waals surface area (Å²) in [7, 11) is -3.82. The summed E-state index contributed by atoms with van der Waals surface area (Å²) in [6, 6.07) is 12.7. The summed E-state index contributed by atoms with van der Waals surface area (Å²) in [5, 5.41) is 13.9. The highest BCUT2D eigenvalue weighted by Gasteiger charge is 2.15. The molecule has 0 radical (unpaired) electrons. The molecule has 2 N–H and O–H groups in total. The highest BCUT2D eigenvalue weighted by atomic mass is 32.2. The first kappa shape index (κ1) is 19.0. The fraction of sp³-hybridized carbons (Fsp3) is 0.0588. The van der Waals surface area contributed by atoms with Gasteiger partial charge in [-0.25, -0.2) is 8.42 Å². The van der Waals surface area contributed by atoms with E-state index in [4.69, 9.17) is 0 Å². The van der Waals surface area contributed by atoms with Crippen LogP contribution in [0.15, 0.2) is 69.6 Å². The Labute approximate surface area is 170 Å². The maximum atomic E-state index is 12.7.